The van der Waals surface area contributed by atoms with Gasteiger partial charge >= 0.3 is 5.97 Å². The van der Waals surface area contributed by atoms with E-state index in [1.807, 2.05) is 19.9 Å². The van der Waals surface area contributed by atoms with Gasteiger partial charge in [0.05, 0.1) is 5.56 Å². The molecular weight excluding hydrogens is 290 g/mol. The molecule has 0 spiro atoms. The van der Waals surface area contributed by atoms with Crippen molar-refractivity contribution in [2.24, 2.45) is 0 Å². The fourth-order valence-electron chi connectivity index (χ4n) is 1.83. The van der Waals surface area contributed by atoms with E-state index >= 15 is 0 Å². The predicted octanol–water partition coefficient (Wildman–Crippen LogP) is 3.08. The second kappa shape index (κ2) is 6.41. The molecular formula is C15H15NO4S. The number of hydrogen-bond donors (Lipinski definition) is 2. The van der Waals surface area contributed by atoms with E-state index in [9.17, 15) is 9.59 Å². The van der Waals surface area contributed by atoms with Crippen LogP contribution in [-0.4, -0.2) is 23.6 Å². The third-order valence-electron chi connectivity index (χ3n) is 2.76. The van der Waals surface area contributed by atoms with Crippen molar-refractivity contribution in [2.45, 2.75) is 13.8 Å². The number of carboxylic acid groups (broad SMARTS) is 1. The van der Waals surface area contributed by atoms with Crippen molar-refractivity contribution < 1.29 is 19.4 Å². The highest BCUT2D eigenvalue weighted by Crippen LogP contribution is 2.22. The average molecular weight is 305 g/mol. The minimum absolute atomic E-state index is 0.156. The van der Waals surface area contributed by atoms with Crippen LogP contribution in [-0.2, 0) is 4.79 Å². The molecule has 1 heterocycles. The van der Waals surface area contributed by atoms with Crippen molar-refractivity contribution >= 4 is 28.9 Å². The first-order chi connectivity index (χ1) is 9.95. The summed E-state index contributed by atoms with van der Waals surface area (Å²) in [5.74, 6) is -0.746. The Hall–Kier alpha value is -2.34. The first-order valence-electron chi connectivity index (χ1n) is 6.29. The molecule has 2 N–H and O–H groups in total. The molecule has 21 heavy (non-hydrogen) atoms. The Morgan fingerprint density at radius 1 is 1.24 bits per heavy atom. The summed E-state index contributed by atoms with van der Waals surface area (Å²) < 4.78 is 5.02. The first kappa shape index (κ1) is 15.1. The number of aryl methyl sites for hydroxylation is 2. The number of anilines is 1. The van der Waals surface area contributed by atoms with Crippen molar-refractivity contribution in [3.63, 3.8) is 0 Å². The predicted molar refractivity (Wildman–Crippen MR) is 81.3 cm³/mol. The highest BCUT2D eigenvalue weighted by Gasteiger charge is 2.12. The molecule has 0 aliphatic carbocycles. The highest BCUT2D eigenvalue weighted by atomic mass is 32.1. The minimum atomic E-state index is -1.03. The van der Waals surface area contributed by atoms with Gasteiger partial charge in [-0.15, -0.1) is 11.3 Å². The Kier molecular flexibility index (Phi) is 4.59. The van der Waals surface area contributed by atoms with Gasteiger partial charge in [-0.1, -0.05) is 0 Å². The van der Waals surface area contributed by atoms with Gasteiger partial charge in [-0.05, 0) is 44.2 Å². The van der Waals surface area contributed by atoms with Crippen LogP contribution in [0.1, 0.15) is 20.1 Å². The Bertz CT molecular complexity index is 661. The number of nitrogens with one attached hydrogen (secondary N) is 1. The number of amides is 1. The maximum absolute atomic E-state index is 12.1. The number of carbonyl (C=O) groups is 2. The molecule has 0 bridgehead atoms. The van der Waals surface area contributed by atoms with E-state index in [1.54, 1.807) is 35.6 Å². The number of carbonyl (C=O) groups excluding carboxylic acids is 1. The number of thiophene rings is 1. The zero-order valence-corrected chi connectivity index (χ0v) is 12.5. The fourth-order valence-corrected chi connectivity index (χ4v) is 2.76. The molecule has 2 rings (SSSR count). The maximum Gasteiger partial charge on any atom is 0.341 e. The van der Waals surface area contributed by atoms with E-state index in [2.05, 4.69) is 5.32 Å². The third kappa shape index (κ3) is 4.06. The lowest BCUT2D eigenvalue weighted by Crippen LogP contribution is -2.12. The lowest BCUT2D eigenvalue weighted by Gasteiger charge is -2.07. The molecule has 0 saturated carbocycles. The Morgan fingerprint density at radius 2 is 1.90 bits per heavy atom. The molecule has 1 amide bonds. The number of benzene rings is 1. The molecule has 0 radical (unpaired) electrons. The summed E-state index contributed by atoms with van der Waals surface area (Å²) in [5, 5.41) is 11.3. The third-order valence-corrected chi connectivity index (χ3v) is 3.73. The topological polar surface area (TPSA) is 75.6 Å². The molecule has 0 saturated heterocycles. The van der Waals surface area contributed by atoms with Gasteiger partial charge in [0.2, 0.25) is 0 Å². The summed E-state index contributed by atoms with van der Waals surface area (Å²) in [6.07, 6.45) is 0. The van der Waals surface area contributed by atoms with Crippen LogP contribution in [0.2, 0.25) is 0 Å². The number of hydrogen-bond acceptors (Lipinski definition) is 4. The van der Waals surface area contributed by atoms with Crippen LogP contribution >= 0.6 is 11.3 Å². The summed E-state index contributed by atoms with van der Waals surface area (Å²) in [7, 11) is 0. The first-order valence-corrected chi connectivity index (χ1v) is 7.10. The van der Waals surface area contributed by atoms with E-state index in [1.165, 1.54) is 0 Å². The highest BCUT2D eigenvalue weighted by molar-refractivity contribution is 7.12. The van der Waals surface area contributed by atoms with Crippen molar-refractivity contribution in [3.05, 3.63) is 45.6 Å². The van der Waals surface area contributed by atoms with Crippen LogP contribution in [0.25, 0.3) is 0 Å². The van der Waals surface area contributed by atoms with Crippen LogP contribution in [0.5, 0.6) is 5.75 Å². The Morgan fingerprint density at radius 3 is 2.43 bits per heavy atom. The van der Waals surface area contributed by atoms with Crippen molar-refractivity contribution in [1.29, 1.82) is 0 Å². The van der Waals surface area contributed by atoms with E-state index in [0.717, 1.165) is 9.75 Å². The number of ether oxygens (including phenoxy) is 1. The molecule has 0 aliphatic rings. The SMILES string of the molecule is Cc1cc(C(=O)Nc2ccc(OCC(=O)O)cc2)c(C)s1. The molecule has 0 atom stereocenters. The summed E-state index contributed by atoms with van der Waals surface area (Å²) in [5.41, 5.74) is 1.30. The van der Waals surface area contributed by atoms with Crippen LogP contribution in [0, 0.1) is 13.8 Å². The number of carboxylic acids is 1. The van der Waals surface area contributed by atoms with Crippen molar-refractivity contribution in [1.82, 2.24) is 0 Å². The number of aliphatic carboxylic acids is 1. The van der Waals surface area contributed by atoms with Gasteiger partial charge in [0.25, 0.3) is 5.91 Å². The lowest BCUT2D eigenvalue weighted by atomic mass is 10.2. The van der Waals surface area contributed by atoms with E-state index in [-0.39, 0.29) is 12.5 Å². The summed E-state index contributed by atoms with van der Waals surface area (Å²) in [4.78, 5) is 24.6. The van der Waals surface area contributed by atoms with Gasteiger partial charge in [0.15, 0.2) is 6.61 Å². The number of rotatable bonds is 5. The van der Waals surface area contributed by atoms with Gasteiger partial charge < -0.3 is 15.2 Å². The van der Waals surface area contributed by atoms with Gasteiger partial charge in [-0.2, -0.15) is 0 Å². The molecule has 2 aromatic rings. The zero-order valence-electron chi connectivity index (χ0n) is 11.7. The average Bonchev–Trinajstić information content (AvgIpc) is 2.77. The summed E-state index contributed by atoms with van der Waals surface area (Å²) in [6, 6.07) is 8.43. The Balaban J connectivity index is 2.01. The van der Waals surface area contributed by atoms with Gasteiger partial charge in [0.1, 0.15) is 5.75 Å². The zero-order chi connectivity index (χ0) is 15.4. The second-order valence-electron chi connectivity index (χ2n) is 4.49. The normalized spacial score (nSPS) is 10.2. The Labute approximate surface area is 126 Å². The monoisotopic (exact) mass is 305 g/mol. The van der Waals surface area contributed by atoms with E-state index in [0.29, 0.717) is 17.0 Å². The van der Waals surface area contributed by atoms with Gasteiger partial charge in [-0.3, -0.25) is 4.79 Å². The lowest BCUT2D eigenvalue weighted by molar-refractivity contribution is -0.139. The standard InChI is InChI=1S/C15H15NO4S/c1-9-7-13(10(2)21-9)15(19)16-11-3-5-12(6-4-11)20-8-14(17)18/h3-7H,8H2,1-2H3,(H,16,19)(H,17,18). The smallest absolute Gasteiger partial charge is 0.341 e. The van der Waals surface area contributed by atoms with Crippen molar-refractivity contribution in [2.75, 3.05) is 11.9 Å². The summed E-state index contributed by atoms with van der Waals surface area (Å²) >= 11 is 1.58. The molecule has 0 unspecified atom stereocenters. The second-order valence-corrected chi connectivity index (χ2v) is 5.95. The maximum atomic E-state index is 12.1. The summed E-state index contributed by atoms with van der Waals surface area (Å²) in [6.45, 7) is 3.48. The quantitative estimate of drug-likeness (QED) is 0.890. The molecule has 0 fully saturated rings. The van der Waals surface area contributed by atoms with Crippen molar-refractivity contribution in [3.8, 4) is 5.75 Å². The largest absolute Gasteiger partial charge is 0.482 e. The minimum Gasteiger partial charge on any atom is -0.482 e. The molecule has 1 aromatic carbocycles. The van der Waals surface area contributed by atoms with Gasteiger partial charge in [0, 0.05) is 15.4 Å². The van der Waals surface area contributed by atoms with Crippen LogP contribution in [0.15, 0.2) is 30.3 Å². The molecule has 6 heteroatoms. The molecule has 0 aliphatic heterocycles. The fraction of sp³-hybridized carbons (Fsp3) is 0.200. The molecule has 5 nitrogen and oxygen atoms in total. The van der Waals surface area contributed by atoms with E-state index < -0.39 is 5.97 Å². The van der Waals surface area contributed by atoms with Crippen LogP contribution in [0.4, 0.5) is 5.69 Å². The molecule has 1 aromatic heterocycles. The van der Waals surface area contributed by atoms with Crippen LogP contribution < -0.4 is 10.1 Å². The van der Waals surface area contributed by atoms with E-state index in [4.69, 9.17) is 9.84 Å². The van der Waals surface area contributed by atoms with Crippen LogP contribution in [0.3, 0.4) is 0 Å². The van der Waals surface area contributed by atoms with Gasteiger partial charge in [-0.25, -0.2) is 4.79 Å². The molecule has 110 valence electrons.